The maximum atomic E-state index is 11.4. The average molecular weight is 191 g/mol. The second-order valence-corrected chi connectivity index (χ2v) is 3.55. The first-order valence-electron chi connectivity index (χ1n) is 4.84. The fourth-order valence-corrected chi connectivity index (χ4v) is 1.69. The van der Waals surface area contributed by atoms with Gasteiger partial charge in [0.15, 0.2) is 0 Å². The Morgan fingerprint density at radius 2 is 2.14 bits per heavy atom. The van der Waals surface area contributed by atoms with E-state index in [2.05, 4.69) is 5.32 Å². The molecule has 1 aromatic rings. The quantitative estimate of drug-likeness (QED) is 0.649. The second kappa shape index (κ2) is 3.80. The van der Waals surface area contributed by atoms with Crippen molar-refractivity contribution < 1.29 is 9.90 Å². The number of fused-ring (bicyclic) bond motifs is 1. The smallest absolute Gasteiger partial charge is 0.253 e. The molecule has 0 aliphatic carbocycles. The van der Waals surface area contributed by atoms with Crippen molar-refractivity contribution in [2.75, 3.05) is 5.32 Å². The van der Waals surface area contributed by atoms with Crippen LogP contribution in [-0.2, 0) is 11.2 Å². The highest BCUT2D eigenvalue weighted by atomic mass is 16.3. The molecule has 0 fully saturated rings. The van der Waals surface area contributed by atoms with E-state index in [9.17, 15) is 9.90 Å². The van der Waals surface area contributed by atoms with Gasteiger partial charge >= 0.3 is 0 Å². The Kier molecular flexibility index (Phi) is 2.50. The van der Waals surface area contributed by atoms with Crippen LogP contribution in [0, 0.1) is 0 Å². The number of rotatable bonds is 0. The monoisotopic (exact) mass is 191 g/mol. The molecule has 0 saturated heterocycles. The van der Waals surface area contributed by atoms with E-state index >= 15 is 0 Å². The normalized spacial score (nSPS) is 21.8. The number of carbonyl (C=O) groups excluding carboxylic acids is 1. The third-order valence-corrected chi connectivity index (χ3v) is 2.50. The van der Waals surface area contributed by atoms with Crippen molar-refractivity contribution in [2.24, 2.45) is 0 Å². The SMILES string of the molecule is O=C1Nc2ccccc2CCCC1O. The Bertz CT molecular complexity index is 349. The van der Waals surface area contributed by atoms with E-state index in [1.54, 1.807) is 0 Å². The van der Waals surface area contributed by atoms with Crippen molar-refractivity contribution in [2.45, 2.75) is 25.4 Å². The third kappa shape index (κ3) is 1.77. The largest absolute Gasteiger partial charge is 0.383 e. The maximum absolute atomic E-state index is 11.4. The summed E-state index contributed by atoms with van der Waals surface area (Å²) in [4.78, 5) is 11.4. The average Bonchev–Trinajstić information content (AvgIpc) is 2.18. The van der Waals surface area contributed by atoms with Gasteiger partial charge in [-0.1, -0.05) is 18.2 Å². The molecule has 74 valence electrons. The Hall–Kier alpha value is -1.35. The second-order valence-electron chi connectivity index (χ2n) is 3.55. The summed E-state index contributed by atoms with van der Waals surface area (Å²) in [6.07, 6.45) is 1.45. The Balaban J connectivity index is 2.29. The number of benzene rings is 1. The molecule has 3 heteroatoms. The van der Waals surface area contributed by atoms with Crippen LogP contribution >= 0.6 is 0 Å². The number of nitrogens with one attached hydrogen (secondary N) is 1. The number of anilines is 1. The van der Waals surface area contributed by atoms with E-state index in [1.165, 1.54) is 0 Å². The highest BCUT2D eigenvalue weighted by molar-refractivity contribution is 5.94. The molecule has 3 nitrogen and oxygen atoms in total. The van der Waals surface area contributed by atoms with Gasteiger partial charge in [0.1, 0.15) is 6.10 Å². The third-order valence-electron chi connectivity index (χ3n) is 2.50. The number of aliphatic hydroxyl groups excluding tert-OH is 1. The van der Waals surface area contributed by atoms with Gasteiger partial charge in [0.2, 0.25) is 0 Å². The minimum atomic E-state index is -0.858. The summed E-state index contributed by atoms with van der Waals surface area (Å²) in [7, 11) is 0. The zero-order valence-electron chi connectivity index (χ0n) is 7.86. The Labute approximate surface area is 82.8 Å². The zero-order valence-corrected chi connectivity index (χ0v) is 7.86. The zero-order chi connectivity index (χ0) is 9.97. The molecule has 1 aliphatic rings. The summed E-state index contributed by atoms with van der Waals surface area (Å²) < 4.78 is 0. The highest BCUT2D eigenvalue weighted by Crippen LogP contribution is 2.20. The van der Waals surface area contributed by atoms with Gasteiger partial charge in [-0.3, -0.25) is 4.79 Å². The predicted octanol–water partition coefficient (Wildman–Crippen LogP) is 1.32. The predicted molar refractivity (Wildman–Crippen MR) is 54.0 cm³/mol. The lowest BCUT2D eigenvalue weighted by atomic mass is 10.0. The fraction of sp³-hybridized carbons (Fsp3) is 0.364. The number of carbonyl (C=O) groups is 1. The van der Waals surface area contributed by atoms with Crippen molar-refractivity contribution >= 4 is 11.6 Å². The summed E-state index contributed by atoms with van der Waals surface area (Å²) in [5.74, 6) is -0.294. The number of amides is 1. The van der Waals surface area contributed by atoms with Crippen molar-refractivity contribution in [1.29, 1.82) is 0 Å². The molecule has 14 heavy (non-hydrogen) atoms. The molecule has 1 heterocycles. The molecule has 1 aliphatic heterocycles. The lowest BCUT2D eigenvalue weighted by molar-refractivity contribution is -0.124. The van der Waals surface area contributed by atoms with Gasteiger partial charge in [0.25, 0.3) is 5.91 Å². The molecule has 0 spiro atoms. The maximum Gasteiger partial charge on any atom is 0.253 e. The number of aryl methyl sites for hydroxylation is 1. The van der Waals surface area contributed by atoms with Crippen LogP contribution in [0.5, 0.6) is 0 Å². The van der Waals surface area contributed by atoms with E-state index in [1.807, 2.05) is 24.3 Å². The summed E-state index contributed by atoms with van der Waals surface area (Å²) in [6.45, 7) is 0. The molecular weight excluding hydrogens is 178 g/mol. The van der Waals surface area contributed by atoms with E-state index in [0.29, 0.717) is 6.42 Å². The van der Waals surface area contributed by atoms with Crippen LogP contribution in [0.1, 0.15) is 18.4 Å². The van der Waals surface area contributed by atoms with E-state index < -0.39 is 6.10 Å². The van der Waals surface area contributed by atoms with Crippen molar-refractivity contribution in [3.8, 4) is 0 Å². The molecule has 2 rings (SSSR count). The van der Waals surface area contributed by atoms with Crippen molar-refractivity contribution in [1.82, 2.24) is 0 Å². The molecule has 0 aromatic heterocycles. The molecule has 1 unspecified atom stereocenters. The molecule has 1 amide bonds. The Morgan fingerprint density at radius 1 is 1.36 bits per heavy atom. The number of aliphatic hydroxyl groups is 1. The first-order valence-corrected chi connectivity index (χ1v) is 4.84. The summed E-state index contributed by atoms with van der Waals surface area (Å²) in [6, 6.07) is 7.72. The van der Waals surface area contributed by atoms with Crippen LogP contribution in [0.3, 0.4) is 0 Å². The summed E-state index contributed by atoms with van der Waals surface area (Å²) in [5, 5.41) is 12.1. The van der Waals surface area contributed by atoms with Gasteiger partial charge in [0.05, 0.1) is 0 Å². The van der Waals surface area contributed by atoms with E-state index in [0.717, 1.165) is 24.1 Å². The van der Waals surface area contributed by atoms with Crippen LogP contribution in [0.2, 0.25) is 0 Å². The molecule has 1 atom stereocenters. The highest BCUT2D eigenvalue weighted by Gasteiger charge is 2.18. The molecule has 1 aromatic carbocycles. The van der Waals surface area contributed by atoms with Crippen molar-refractivity contribution in [3.05, 3.63) is 29.8 Å². The van der Waals surface area contributed by atoms with Gasteiger partial charge in [-0.25, -0.2) is 0 Å². The minimum absolute atomic E-state index is 0.294. The van der Waals surface area contributed by atoms with Gasteiger partial charge in [-0.05, 0) is 30.9 Å². The van der Waals surface area contributed by atoms with Gasteiger partial charge in [0, 0.05) is 5.69 Å². The summed E-state index contributed by atoms with van der Waals surface area (Å²) >= 11 is 0. The molecule has 0 radical (unpaired) electrons. The standard InChI is InChI=1S/C11H13NO2/c13-10-7-3-5-8-4-1-2-6-9(8)12-11(10)14/h1-2,4,6,10,13H,3,5,7H2,(H,12,14). The fourth-order valence-electron chi connectivity index (χ4n) is 1.69. The molecule has 0 saturated carbocycles. The first kappa shape index (κ1) is 9.21. The number of hydrogen-bond donors (Lipinski definition) is 2. The van der Waals surface area contributed by atoms with Gasteiger partial charge in [-0.2, -0.15) is 0 Å². The Morgan fingerprint density at radius 3 is 3.00 bits per heavy atom. The first-order chi connectivity index (χ1) is 6.77. The van der Waals surface area contributed by atoms with Crippen LogP contribution in [-0.4, -0.2) is 17.1 Å². The van der Waals surface area contributed by atoms with Gasteiger partial charge in [-0.15, -0.1) is 0 Å². The van der Waals surface area contributed by atoms with E-state index in [4.69, 9.17) is 0 Å². The van der Waals surface area contributed by atoms with Crippen LogP contribution in [0.25, 0.3) is 0 Å². The molecule has 0 bridgehead atoms. The van der Waals surface area contributed by atoms with Crippen LogP contribution < -0.4 is 5.32 Å². The number of hydrogen-bond acceptors (Lipinski definition) is 2. The van der Waals surface area contributed by atoms with Crippen molar-refractivity contribution in [3.63, 3.8) is 0 Å². The number of para-hydroxylation sites is 1. The lowest BCUT2D eigenvalue weighted by Crippen LogP contribution is -2.29. The molecular formula is C11H13NO2. The topological polar surface area (TPSA) is 49.3 Å². The van der Waals surface area contributed by atoms with Gasteiger partial charge < -0.3 is 10.4 Å². The molecule has 2 N–H and O–H groups in total. The van der Waals surface area contributed by atoms with Crippen LogP contribution in [0.15, 0.2) is 24.3 Å². The summed E-state index contributed by atoms with van der Waals surface area (Å²) in [5.41, 5.74) is 1.98. The minimum Gasteiger partial charge on any atom is -0.383 e. The van der Waals surface area contributed by atoms with Crippen LogP contribution in [0.4, 0.5) is 5.69 Å². The lowest BCUT2D eigenvalue weighted by Gasteiger charge is -2.17. The van der Waals surface area contributed by atoms with E-state index in [-0.39, 0.29) is 5.91 Å².